The van der Waals surface area contributed by atoms with Gasteiger partial charge in [0.15, 0.2) is 0 Å². The Morgan fingerprint density at radius 2 is 2.38 bits per heavy atom. The van der Waals surface area contributed by atoms with Crippen molar-refractivity contribution >= 4 is 6.29 Å². The van der Waals surface area contributed by atoms with Crippen LogP contribution in [0.4, 0.5) is 0 Å². The van der Waals surface area contributed by atoms with E-state index in [1.165, 1.54) is 44.0 Å². The van der Waals surface area contributed by atoms with Gasteiger partial charge in [0.2, 0.25) is 0 Å². The van der Waals surface area contributed by atoms with Crippen molar-refractivity contribution in [1.82, 2.24) is 0 Å². The summed E-state index contributed by atoms with van der Waals surface area (Å²) in [5.74, 6) is 1.66. The summed E-state index contributed by atoms with van der Waals surface area (Å²) >= 11 is 0. The van der Waals surface area contributed by atoms with E-state index in [1.807, 2.05) is 0 Å². The molecular formula is C12H16O. The molecule has 0 amide bonds. The maximum Gasteiger partial charge on any atom is 0.130 e. The number of hydrogen-bond donors (Lipinski definition) is 0. The van der Waals surface area contributed by atoms with E-state index in [4.69, 9.17) is 0 Å². The number of aldehydes is 1. The molecule has 3 aliphatic carbocycles. The van der Waals surface area contributed by atoms with E-state index in [0.717, 1.165) is 18.3 Å². The van der Waals surface area contributed by atoms with E-state index >= 15 is 0 Å². The molecule has 0 spiro atoms. The highest BCUT2D eigenvalue weighted by Gasteiger charge is 2.54. The molecule has 1 heteroatoms. The van der Waals surface area contributed by atoms with Gasteiger partial charge < -0.3 is 4.79 Å². The average Bonchev–Trinajstić information content (AvgIpc) is 2.75. The molecule has 2 saturated carbocycles. The average molecular weight is 176 g/mol. The van der Waals surface area contributed by atoms with Crippen LogP contribution in [0.3, 0.4) is 0 Å². The Balaban J connectivity index is 2.06. The van der Waals surface area contributed by atoms with Gasteiger partial charge in [-0.2, -0.15) is 0 Å². The first-order valence-corrected chi connectivity index (χ1v) is 5.53. The maximum atomic E-state index is 11.2. The van der Waals surface area contributed by atoms with Crippen molar-refractivity contribution in [2.75, 3.05) is 0 Å². The summed E-state index contributed by atoms with van der Waals surface area (Å²) in [5, 5.41) is 0. The fraction of sp³-hybridized carbons (Fsp3) is 0.750. The highest BCUT2D eigenvalue weighted by Crippen LogP contribution is 2.61. The minimum absolute atomic E-state index is 0.0236. The van der Waals surface area contributed by atoms with Crippen LogP contribution in [0.2, 0.25) is 0 Å². The molecule has 3 aliphatic rings. The Hall–Kier alpha value is -0.590. The molecule has 0 aromatic rings. The van der Waals surface area contributed by atoms with Gasteiger partial charge in [-0.15, -0.1) is 0 Å². The van der Waals surface area contributed by atoms with Crippen LogP contribution in [-0.2, 0) is 4.79 Å². The molecule has 0 aromatic heterocycles. The molecule has 3 unspecified atom stereocenters. The normalized spacial score (nSPS) is 47.2. The standard InChI is InChI=1S/C12H16O/c13-8-12-6-5-9(7-12)10-3-1-2-4-11(10)12/h4,8-10H,1-3,5-7H2. The van der Waals surface area contributed by atoms with E-state index in [-0.39, 0.29) is 5.41 Å². The highest BCUT2D eigenvalue weighted by atomic mass is 16.1. The quantitative estimate of drug-likeness (QED) is 0.443. The van der Waals surface area contributed by atoms with E-state index < -0.39 is 0 Å². The number of hydrogen-bond acceptors (Lipinski definition) is 1. The second kappa shape index (κ2) is 2.46. The van der Waals surface area contributed by atoms with Gasteiger partial charge in [-0.25, -0.2) is 0 Å². The van der Waals surface area contributed by atoms with E-state index in [9.17, 15) is 4.79 Å². The zero-order valence-electron chi connectivity index (χ0n) is 7.96. The van der Waals surface area contributed by atoms with Crippen LogP contribution >= 0.6 is 0 Å². The van der Waals surface area contributed by atoms with Crippen LogP contribution in [0, 0.1) is 17.3 Å². The zero-order valence-corrected chi connectivity index (χ0v) is 7.96. The van der Waals surface area contributed by atoms with Crippen molar-refractivity contribution in [2.45, 2.75) is 38.5 Å². The van der Waals surface area contributed by atoms with Gasteiger partial charge in [-0.05, 0) is 50.4 Å². The molecule has 0 N–H and O–H groups in total. The molecular weight excluding hydrogens is 160 g/mol. The number of allylic oxidation sites excluding steroid dienone is 2. The first kappa shape index (κ1) is 7.78. The minimum atomic E-state index is 0.0236. The van der Waals surface area contributed by atoms with E-state index in [2.05, 4.69) is 6.08 Å². The first-order valence-electron chi connectivity index (χ1n) is 5.53. The summed E-state index contributed by atoms with van der Waals surface area (Å²) in [7, 11) is 0. The number of carbonyl (C=O) groups is 1. The topological polar surface area (TPSA) is 17.1 Å². The third kappa shape index (κ3) is 0.853. The Labute approximate surface area is 79.2 Å². The van der Waals surface area contributed by atoms with Crippen LogP contribution in [0.5, 0.6) is 0 Å². The lowest BCUT2D eigenvalue weighted by atomic mass is 9.72. The molecule has 0 radical (unpaired) electrons. The smallest absolute Gasteiger partial charge is 0.130 e. The maximum absolute atomic E-state index is 11.2. The Morgan fingerprint density at radius 3 is 3.23 bits per heavy atom. The predicted molar refractivity (Wildman–Crippen MR) is 51.3 cm³/mol. The molecule has 3 rings (SSSR count). The van der Waals surface area contributed by atoms with Crippen molar-refractivity contribution in [3.05, 3.63) is 11.6 Å². The van der Waals surface area contributed by atoms with Crippen LogP contribution in [0.15, 0.2) is 11.6 Å². The van der Waals surface area contributed by atoms with Gasteiger partial charge in [-0.3, -0.25) is 0 Å². The zero-order chi connectivity index (χ0) is 8.89. The molecule has 0 saturated heterocycles. The third-order valence-corrected chi connectivity index (χ3v) is 4.44. The molecule has 0 aliphatic heterocycles. The molecule has 0 aromatic carbocycles. The Bertz CT molecular complexity index is 279. The molecule has 2 bridgehead atoms. The van der Waals surface area contributed by atoms with Gasteiger partial charge >= 0.3 is 0 Å². The predicted octanol–water partition coefficient (Wildman–Crippen LogP) is 2.71. The summed E-state index contributed by atoms with van der Waals surface area (Å²) in [6.45, 7) is 0. The minimum Gasteiger partial charge on any atom is -0.302 e. The van der Waals surface area contributed by atoms with Gasteiger partial charge in [0.25, 0.3) is 0 Å². The van der Waals surface area contributed by atoms with Crippen LogP contribution in [-0.4, -0.2) is 6.29 Å². The van der Waals surface area contributed by atoms with Crippen molar-refractivity contribution in [2.24, 2.45) is 17.3 Å². The summed E-state index contributed by atoms with van der Waals surface area (Å²) in [6.07, 6.45) is 11.2. The SMILES string of the molecule is O=CC12CCC(C1)C1CCCC=C12. The lowest BCUT2D eigenvalue weighted by Crippen LogP contribution is -2.25. The van der Waals surface area contributed by atoms with Crippen molar-refractivity contribution in [3.8, 4) is 0 Å². The van der Waals surface area contributed by atoms with Gasteiger partial charge in [-0.1, -0.05) is 11.6 Å². The van der Waals surface area contributed by atoms with Gasteiger partial charge in [0.1, 0.15) is 6.29 Å². The molecule has 1 nitrogen and oxygen atoms in total. The second-order valence-corrected chi connectivity index (χ2v) is 4.97. The fourth-order valence-electron chi connectivity index (χ4n) is 3.86. The molecule has 70 valence electrons. The summed E-state index contributed by atoms with van der Waals surface area (Å²) in [6, 6.07) is 0. The van der Waals surface area contributed by atoms with Crippen LogP contribution in [0.1, 0.15) is 38.5 Å². The number of fused-ring (bicyclic) bond motifs is 5. The second-order valence-electron chi connectivity index (χ2n) is 4.97. The molecule has 2 fully saturated rings. The van der Waals surface area contributed by atoms with Crippen molar-refractivity contribution < 1.29 is 4.79 Å². The lowest BCUT2D eigenvalue weighted by Gasteiger charge is -2.32. The first-order chi connectivity index (χ1) is 6.36. The monoisotopic (exact) mass is 176 g/mol. The van der Waals surface area contributed by atoms with E-state index in [0.29, 0.717) is 0 Å². The third-order valence-electron chi connectivity index (χ3n) is 4.44. The highest BCUT2D eigenvalue weighted by molar-refractivity contribution is 5.68. The summed E-state index contributed by atoms with van der Waals surface area (Å²) in [4.78, 5) is 11.2. The van der Waals surface area contributed by atoms with Crippen LogP contribution in [0.25, 0.3) is 0 Å². The van der Waals surface area contributed by atoms with Crippen molar-refractivity contribution in [1.29, 1.82) is 0 Å². The van der Waals surface area contributed by atoms with E-state index in [1.54, 1.807) is 0 Å². The number of rotatable bonds is 1. The van der Waals surface area contributed by atoms with Crippen molar-refractivity contribution in [3.63, 3.8) is 0 Å². The fourth-order valence-corrected chi connectivity index (χ4v) is 3.86. The Kier molecular flexibility index (Phi) is 1.47. The molecule has 3 atom stereocenters. The largest absolute Gasteiger partial charge is 0.302 e. The van der Waals surface area contributed by atoms with Gasteiger partial charge in [0.05, 0.1) is 0 Å². The lowest BCUT2D eigenvalue weighted by molar-refractivity contribution is -0.114. The molecule has 13 heavy (non-hydrogen) atoms. The molecule has 0 heterocycles. The Morgan fingerprint density at radius 1 is 1.46 bits per heavy atom. The summed E-state index contributed by atoms with van der Waals surface area (Å²) in [5.41, 5.74) is 1.56. The number of carbonyl (C=O) groups excluding carboxylic acids is 1. The summed E-state index contributed by atoms with van der Waals surface area (Å²) < 4.78 is 0. The van der Waals surface area contributed by atoms with Crippen LogP contribution < -0.4 is 0 Å². The van der Waals surface area contributed by atoms with Gasteiger partial charge in [0, 0.05) is 5.41 Å².